The van der Waals surface area contributed by atoms with Crippen molar-refractivity contribution in [2.24, 2.45) is 0 Å². The zero-order chi connectivity index (χ0) is 52.5. The number of unbranched alkanes of at least 4 members (excludes halogenated alkanes) is 20. The van der Waals surface area contributed by atoms with Gasteiger partial charge in [0.25, 0.3) is 0 Å². The van der Waals surface area contributed by atoms with Crippen molar-refractivity contribution < 1.29 is 24.0 Å². The SMILES string of the molecule is CCCCCCCCN(c1ccc(C)cc1)[P+](N(CCCCCCCC)c1ccc(C)cc1)(N(CCCCCCCC)c1ccc(C)cc1)N(CCCCCCCC)c1ccc(C)cc1.II.II.II.[I-]. The van der Waals surface area contributed by atoms with Crippen molar-refractivity contribution in [3.05, 3.63) is 119 Å². The maximum atomic E-state index is 3.02. The maximum Gasteiger partial charge on any atom is 0.405 e. The Morgan fingerprint density at radius 3 is 0.583 bits per heavy atom. The van der Waals surface area contributed by atoms with Crippen molar-refractivity contribution in [1.29, 1.82) is 0 Å². The number of halogens is 7. The quantitative estimate of drug-likeness (QED) is 0.0256. The first kappa shape index (κ1) is 73.6. The molecule has 0 aliphatic heterocycles. The minimum absolute atomic E-state index is 0. The second-order valence-corrected chi connectivity index (χ2v) is 22.4. The Hall–Kier alpha value is 1.62. The third kappa shape index (κ3) is 27.7. The van der Waals surface area contributed by atoms with Crippen LogP contribution in [0.15, 0.2) is 97.1 Å². The molecule has 0 saturated heterocycles. The summed E-state index contributed by atoms with van der Waals surface area (Å²) in [7, 11) is -2.80. The number of benzene rings is 4. The standard InChI is InChI=1S/C60H96N4P.3I2.HI/c1-9-13-17-21-25-29-49-61(57-41-33-53(5)34-42-57)65(62(50-30-26-22-18-14-10-2)58-43-35-54(6)36-44-58,63(51-31-27-23-19-15-11-3)59-45-37-55(7)38-46-59)64(52-32-28-24-20-16-12-4)60-47-39-56(8)40-48-60;3*1-2;/h33-48H,9-32,49-52H2,1-8H3;;;;1H/q+1;;;;/p-1. The molecule has 0 aliphatic rings. The molecule has 0 unspecified atom stereocenters. The molecule has 4 rings (SSSR count). The average molecular weight is 1790 g/mol. The maximum absolute atomic E-state index is 3.02. The van der Waals surface area contributed by atoms with Gasteiger partial charge in [-0.2, -0.15) is 18.7 Å². The van der Waals surface area contributed by atoms with Gasteiger partial charge in [-0.25, -0.2) is 0 Å². The van der Waals surface area contributed by atoms with E-state index in [0.717, 1.165) is 26.2 Å². The van der Waals surface area contributed by atoms with Gasteiger partial charge in [0.15, 0.2) is 0 Å². The summed E-state index contributed by atoms with van der Waals surface area (Å²) >= 11 is 12.7. The molecule has 0 heterocycles. The number of anilines is 4. The lowest BCUT2D eigenvalue weighted by atomic mass is 10.1. The average Bonchev–Trinajstić information content (AvgIpc) is 3.40. The van der Waals surface area contributed by atoms with Crippen LogP contribution in [0.4, 0.5) is 22.7 Å². The molecule has 72 heavy (non-hydrogen) atoms. The molecule has 4 aromatic carbocycles. The molecule has 410 valence electrons. The van der Waals surface area contributed by atoms with Crippen LogP contribution in [0.1, 0.15) is 204 Å². The summed E-state index contributed by atoms with van der Waals surface area (Å²) in [4.78, 5) is 0. The molecule has 0 saturated carbocycles. The minimum atomic E-state index is -2.80. The Morgan fingerprint density at radius 1 is 0.264 bits per heavy atom. The second kappa shape index (κ2) is 48.5. The highest BCUT2D eigenvalue weighted by molar-refractivity contribution is 15.0. The lowest BCUT2D eigenvalue weighted by Gasteiger charge is -2.53. The monoisotopic (exact) mass is 1790 g/mol. The van der Waals surface area contributed by atoms with Crippen LogP contribution < -0.4 is 42.7 Å². The van der Waals surface area contributed by atoms with Gasteiger partial charge >= 0.3 is 7.87 Å². The Balaban J connectivity index is 0.00000693. The van der Waals surface area contributed by atoms with Crippen LogP contribution >= 0.6 is 120 Å². The minimum Gasteiger partial charge on any atom is -1.00 e. The predicted octanol–water partition coefficient (Wildman–Crippen LogP) is 21.7. The van der Waals surface area contributed by atoms with Gasteiger partial charge in [0, 0.05) is 112 Å². The zero-order valence-electron chi connectivity index (χ0n) is 45.9. The summed E-state index contributed by atoms with van der Waals surface area (Å²) in [5, 5.41) is 0. The van der Waals surface area contributed by atoms with E-state index in [4.69, 9.17) is 0 Å². The summed E-state index contributed by atoms with van der Waals surface area (Å²) in [6.07, 6.45) is 30.7. The van der Waals surface area contributed by atoms with Gasteiger partial charge in [0.05, 0.1) is 48.9 Å². The Bertz CT molecular complexity index is 1540. The van der Waals surface area contributed by atoms with Crippen LogP contribution in [-0.2, 0) is 0 Å². The summed E-state index contributed by atoms with van der Waals surface area (Å²) < 4.78 is 12.1. The topological polar surface area (TPSA) is 13.0 Å². The Morgan fingerprint density at radius 2 is 0.417 bits per heavy atom. The Kier molecular flexibility index (Phi) is 49.6. The molecule has 0 aliphatic carbocycles. The predicted molar refractivity (Wildman–Crippen MR) is 379 cm³/mol. The van der Waals surface area contributed by atoms with Crippen LogP contribution in [0.25, 0.3) is 0 Å². The number of rotatable bonds is 36. The summed E-state index contributed by atoms with van der Waals surface area (Å²) in [6, 6.07) is 38.9. The lowest BCUT2D eigenvalue weighted by molar-refractivity contribution is -0.0000143. The number of nitrogens with zero attached hydrogens (tertiary/aromatic N) is 4. The van der Waals surface area contributed by atoms with Gasteiger partial charge < -0.3 is 24.0 Å². The zero-order valence-corrected chi connectivity index (χ0v) is 61.9. The number of hydrogen-bond donors (Lipinski definition) is 0. The lowest BCUT2D eigenvalue weighted by Crippen LogP contribution is -3.00. The van der Waals surface area contributed by atoms with Gasteiger partial charge in [-0.15, -0.1) is 0 Å². The highest BCUT2D eigenvalue weighted by atomic mass is 128. The molecule has 0 bridgehead atoms. The highest BCUT2D eigenvalue weighted by Crippen LogP contribution is 2.74. The van der Waals surface area contributed by atoms with E-state index in [1.54, 1.807) is 0 Å². The fourth-order valence-corrected chi connectivity index (χ4v) is 14.5. The fourth-order valence-electron chi connectivity index (χ4n) is 9.49. The van der Waals surface area contributed by atoms with Crippen LogP contribution in [0, 0.1) is 27.7 Å². The molecule has 4 nitrogen and oxygen atoms in total. The van der Waals surface area contributed by atoms with Crippen LogP contribution in [0.5, 0.6) is 0 Å². The molecular weight excluding hydrogens is 1700 g/mol. The van der Waals surface area contributed by atoms with E-state index in [1.807, 2.05) is 0 Å². The normalized spacial score (nSPS) is 10.7. The molecule has 4 aromatic rings. The van der Waals surface area contributed by atoms with Gasteiger partial charge in [0.2, 0.25) is 0 Å². The molecule has 0 amide bonds. The molecule has 0 radical (unpaired) electrons. The molecule has 12 heteroatoms. The molecule has 0 N–H and O–H groups in total. The van der Waals surface area contributed by atoms with E-state index < -0.39 is 7.87 Å². The van der Waals surface area contributed by atoms with E-state index in [2.05, 4.69) is 283 Å². The summed E-state index contributed by atoms with van der Waals surface area (Å²) in [5.74, 6) is 0. The summed E-state index contributed by atoms with van der Waals surface area (Å²) in [6.45, 7) is 22.5. The van der Waals surface area contributed by atoms with Gasteiger partial charge in [-0.3, -0.25) is 0 Å². The van der Waals surface area contributed by atoms with E-state index in [0.29, 0.717) is 0 Å². The van der Waals surface area contributed by atoms with Crippen molar-refractivity contribution in [1.82, 2.24) is 0 Å². The largest absolute Gasteiger partial charge is 1.00 e. The fraction of sp³-hybridized carbons (Fsp3) is 0.600. The van der Waals surface area contributed by atoms with Gasteiger partial charge in [-0.05, 0) is 102 Å². The number of hydrogen-bond acceptors (Lipinski definition) is 4. The van der Waals surface area contributed by atoms with E-state index >= 15 is 0 Å². The smallest absolute Gasteiger partial charge is 0.405 e. The van der Waals surface area contributed by atoms with Crippen LogP contribution in [0.2, 0.25) is 0 Å². The molecule has 0 spiro atoms. The van der Waals surface area contributed by atoms with Gasteiger partial charge in [-0.1, -0.05) is 227 Å². The van der Waals surface area contributed by atoms with E-state index in [1.165, 1.54) is 199 Å². The van der Waals surface area contributed by atoms with Crippen molar-refractivity contribution in [3.63, 3.8) is 0 Å². The molecule has 0 fully saturated rings. The van der Waals surface area contributed by atoms with E-state index in [9.17, 15) is 0 Å². The third-order valence-corrected chi connectivity index (χ3v) is 17.8. The first-order valence-corrected chi connectivity index (χ1v) is 48.0. The molecule has 0 aromatic heterocycles. The van der Waals surface area contributed by atoms with E-state index in [-0.39, 0.29) is 24.0 Å². The second-order valence-electron chi connectivity index (χ2n) is 19.4. The first-order chi connectivity index (χ1) is 34.8. The van der Waals surface area contributed by atoms with Crippen LogP contribution in [0.3, 0.4) is 0 Å². The Labute approximate surface area is 532 Å². The van der Waals surface area contributed by atoms with Gasteiger partial charge in [0.1, 0.15) is 0 Å². The van der Waals surface area contributed by atoms with Crippen molar-refractivity contribution in [2.45, 2.75) is 209 Å². The summed E-state index contributed by atoms with van der Waals surface area (Å²) in [5.41, 5.74) is 10.7. The molecular formula is C60H96I7N4P. The third-order valence-electron chi connectivity index (χ3n) is 13.5. The highest BCUT2D eigenvalue weighted by Gasteiger charge is 2.63. The molecule has 0 atom stereocenters. The van der Waals surface area contributed by atoms with Crippen molar-refractivity contribution in [3.8, 4) is 0 Å². The van der Waals surface area contributed by atoms with Crippen LogP contribution in [-0.4, -0.2) is 26.2 Å². The van der Waals surface area contributed by atoms with Crippen molar-refractivity contribution >= 4 is 142 Å². The van der Waals surface area contributed by atoms with Crippen molar-refractivity contribution in [2.75, 3.05) is 44.9 Å². The number of aryl methyl sites for hydroxylation is 4. The first-order valence-electron chi connectivity index (χ1n) is 27.5.